The van der Waals surface area contributed by atoms with Crippen LogP contribution < -0.4 is 10.1 Å². The van der Waals surface area contributed by atoms with Crippen LogP contribution in [0.3, 0.4) is 0 Å². The molecule has 0 spiro atoms. The van der Waals surface area contributed by atoms with Gasteiger partial charge in [-0.25, -0.2) is 4.79 Å². The lowest BCUT2D eigenvalue weighted by atomic mass is 9.86. The SMILES string of the molecule is CCOc1ccc(CCN2C(=O)c3cc(C(=O)OC)nn3C[C@]2(C)C(=O)NC2CCC(C)CC2)cc1. The van der Waals surface area contributed by atoms with E-state index in [0.717, 1.165) is 37.0 Å². The van der Waals surface area contributed by atoms with Crippen LogP contribution in [0.25, 0.3) is 0 Å². The van der Waals surface area contributed by atoms with E-state index in [0.29, 0.717) is 25.5 Å². The third kappa shape index (κ3) is 5.24. The summed E-state index contributed by atoms with van der Waals surface area (Å²) in [5.74, 6) is 0.320. The number of benzene rings is 1. The highest BCUT2D eigenvalue weighted by Crippen LogP contribution is 2.30. The number of fused-ring (bicyclic) bond motifs is 1. The van der Waals surface area contributed by atoms with E-state index in [9.17, 15) is 14.4 Å². The molecule has 1 N–H and O–H groups in total. The van der Waals surface area contributed by atoms with Gasteiger partial charge >= 0.3 is 5.97 Å². The van der Waals surface area contributed by atoms with Gasteiger partial charge in [0, 0.05) is 18.7 Å². The third-order valence-electron chi connectivity index (χ3n) is 7.39. The first-order valence-corrected chi connectivity index (χ1v) is 12.8. The molecule has 0 bridgehead atoms. The number of nitrogens with zero attached hydrogens (tertiary/aromatic N) is 3. The van der Waals surface area contributed by atoms with E-state index in [4.69, 9.17) is 9.47 Å². The first kappa shape index (κ1) is 25.7. The number of carbonyl (C=O) groups excluding carboxylic acids is 3. The Morgan fingerprint density at radius 3 is 2.50 bits per heavy atom. The monoisotopic (exact) mass is 496 g/mol. The molecule has 1 aromatic carbocycles. The van der Waals surface area contributed by atoms with Crippen molar-refractivity contribution in [3.8, 4) is 5.75 Å². The quantitative estimate of drug-likeness (QED) is 0.563. The van der Waals surface area contributed by atoms with Crippen LogP contribution in [0.15, 0.2) is 30.3 Å². The Kier molecular flexibility index (Phi) is 7.66. The van der Waals surface area contributed by atoms with Gasteiger partial charge in [-0.1, -0.05) is 19.1 Å². The van der Waals surface area contributed by atoms with Crippen molar-refractivity contribution in [1.82, 2.24) is 20.0 Å². The van der Waals surface area contributed by atoms with Crippen molar-refractivity contribution in [1.29, 1.82) is 0 Å². The first-order valence-electron chi connectivity index (χ1n) is 12.8. The fourth-order valence-electron chi connectivity index (χ4n) is 5.10. The summed E-state index contributed by atoms with van der Waals surface area (Å²) in [4.78, 5) is 41.1. The van der Waals surface area contributed by atoms with Crippen molar-refractivity contribution in [2.24, 2.45) is 5.92 Å². The van der Waals surface area contributed by atoms with Gasteiger partial charge in [0.15, 0.2) is 5.69 Å². The highest BCUT2D eigenvalue weighted by atomic mass is 16.5. The molecule has 0 saturated heterocycles. The van der Waals surface area contributed by atoms with Crippen molar-refractivity contribution in [3.63, 3.8) is 0 Å². The van der Waals surface area contributed by atoms with Gasteiger partial charge in [0.05, 0.1) is 20.3 Å². The lowest BCUT2D eigenvalue weighted by Gasteiger charge is -2.44. The second-order valence-corrected chi connectivity index (χ2v) is 10.1. The normalized spacial score (nSPS) is 23.7. The zero-order chi connectivity index (χ0) is 25.9. The van der Waals surface area contributed by atoms with Crippen molar-refractivity contribution < 1.29 is 23.9 Å². The predicted octanol–water partition coefficient (Wildman–Crippen LogP) is 3.22. The number of carbonyl (C=O) groups is 3. The van der Waals surface area contributed by atoms with Crippen molar-refractivity contribution in [2.45, 2.75) is 71.0 Å². The van der Waals surface area contributed by atoms with Crippen LogP contribution in [0.4, 0.5) is 0 Å². The smallest absolute Gasteiger partial charge is 0.358 e. The number of methoxy groups -OCH3 is 1. The van der Waals surface area contributed by atoms with Crippen molar-refractivity contribution in [3.05, 3.63) is 47.3 Å². The number of hydrogen-bond donors (Lipinski definition) is 1. The number of ether oxygens (including phenoxy) is 2. The number of amides is 2. The van der Waals surface area contributed by atoms with Crippen LogP contribution in [0, 0.1) is 5.92 Å². The second kappa shape index (κ2) is 10.7. The largest absolute Gasteiger partial charge is 0.494 e. The average Bonchev–Trinajstić information content (AvgIpc) is 3.30. The summed E-state index contributed by atoms with van der Waals surface area (Å²) >= 11 is 0. The molecular formula is C27H36N4O5. The molecule has 9 heteroatoms. The molecule has 2 aromatic rings. The lowest BCUT2D eigenvalue weighted by Crippen LogP contribution is -2.65. The molecule has 0 radical (unpaired) electrons. The predicted molar refractivity (Wildman–Crippen MR) is 134 cm³/mol. The van der Waals surface area contributed by atoms with E-state index in [1.54, 1.807) is 11.8 Å². The highest BCUT2D eigenvalue weighted by molar-refractivity contribution is 6.01. The van der Waals surface area contributed by atoms with Gasteiger partial charge in [-0.05, 0) is 69.6 Å². The zero-order valence-electron chi connectivity index (χ0n) is 21.6. The number of rotatable bonds is 8. The summed E-state index contributed by atoms with van der Waals surface area (Å²) in [6, 6.07) is 9.30. The minimum Gasteiger partial charge on any atom is -0.494 e. The minimum atomic E-state index is -1.15. The molecule has 194 valence electrons. The highest BCUT2D eigenvalue weighted by Gasteiger charge is 2.48. The molecule has 1 aliphatic heterocycles. The number of aromatic nitrogens is 2. The maximum absolute atomic E-state index is 13.7. The van der Waals surface area contributed by atoms with Crippen LogP contribution in [0.5, 0.6) is 5.75 Å². The maximum atomic E-state index is 13.7. The Morgan fingerprint density at radius 2 is 1.86 bits per heavy atom. The van der Waals surface area contributed by atoms with Crippen LogP contribution in [-0.4, -0.2) is 64.3 Å². The van der Waals surface area contributed by atoms with E-state index in [1.165, 1.54) is 17.9 Å². The van der Waals surface area contributed by atoms with Crippen molar-refractivity contribution in [2.75, 3.05) is 20.3 Å². The first-order chi connectivity index (χ1) is 17.2. The molecule has 2 heterocycles. The van der Waals surface area contributed by atoms with Crippen LogP contribution in [0.2, 0.25) is 0 Å². The summed E-state index contributed by atoms with van der Waals surface area (Å²) in [5, 5.41) is 7.50. The Hall–Kier alpha value is -3.36. The second-order valence-electron chi connectivity index (χ2n) is 10.1. The van der Waals surface area contributed by atoms with Gasteiger partial charge in [0.25, 0.3) is 5.91 Å². The molecule has 0 unspecified atom stereocenters. The summed E-state index contributed by atoms with van der Waals surface area (Å²) < 4.78 is 11.8. The Bertz CT molecular complexity index is 1100. The standard InChI is InChI=1S/C27H36N4O5/c1-5-36-21-12-8-19(9-13-21)14-15-30-24(32)23-16-22(25(33)35-4)29-31(23)17-27(30,3)26(34)28-20-10-6-18(2)7-11-20/h8-9,12-13,16,18,20H,5-7,10-11,14-15,17H2,1-4H3,(H,28,34)/t18?,20?,27-/m1/s1. The fraction of sp³-hybridized carbons (Fsp3) is 0.556. The maximum Gasteiger partial charge on any atom is 0.358 e. The molecule has 1 aliphatic carbocycles. The van der Waals surface area contributed by atoms with Gasteiger partial charge in [-0.2, -0.15) is 5.10 Å². The molecule has 9 nitrogen and oxygen atoms in total. The zero-order valence-corrected chi connectivity index (χ0v) is 21.6. The van der Waals surface area contributed by atoms with E-state index < -0.39 is 11.5 Å². The molecule has 36 heavy (non-hydrogen) atoms. The number of nitrogens with one attached hydrogen (secondary N) is 1. The van der Waals surface area contributed by atoms with Crippen LogP contribution in [-0.2, 0) is 22.5 Å². The molecule has 1 saturated carbocycles. The molecular weight excluding hydrogens is 460 g/mol. The Morgan fingerprint density at radius 1 is 1.17 bits per heavy atom. The topological polar surface area (TPSA) is 103 Å². The van der Waals surface area contributed by atoms with Crippen LogP contribution >= 0.6 is 0 Å². The van der Waals surface area contributed by atoms with E-state index >= 15 is 0 Å². The minimum absolute atomic E-state index is 0.0539. The van der Waals surface area contributed by atoms with Crippen molar-refractivity contribution >= 4 is 17.8 Å². The lowest BCUT2D eigenvalue weighted by molar-refractivity contribution is -0.134. The molecule has 2 aliphatic rings. The van der Waals surface area contributed by atoms with Gasteiger partial charge in [-0.3, -0.25) is 14.3 Å². The van der Waals surface area contributed by atoms with Crippen LogP contribution in [0.1, 0.15) is 73.0 Å². The Balaban J connectivity index is 1.59. The summed E-state index contributed by atoms with van der Waals surface area (Å²) in [6.07, 6.45) is 4.59. The number of hydrogen-bond acceptors (Lipinski definition) is 6. The molecule has 4 rings (SSSR count). The van der Waals surface area contributed by atoms with E-state index in [2.05, 4.69) is 17.3 Å². The summed E-state index contributed by atoms with van der Waals surface area (Å²) in [6.45, 7) is 7.05. The van der Waals surface area contributed by atoms with Gasteiger partial charge in [0.1, 0.15) is 17.0 Å². The fourth-order valence-corrected chi connectivity index (χ4v) is 5.10. The van der Waals surface area contributed by atoms with E-state index in [1.807, 2.05) is 31.2 Å². The van der Waals surface area contributed by atoms with Gasteiger partial charge < -0.3 is 19.7 Å². The molecule has 2 amide bonds. The summed E-state index contributed by atoms with van der Waals surface area (Å²) in [5.41, 5.74) is 0.208. The third-order valence-corrected chi connectivity index (χ3v) is 7.39. The summed E-state index contributed by atoms with van der Waals surface area (Å²) in [7, 11) is 1.27. The van der Waals surface area contributed by atoms with Gasteiger partial charge in [-0.15, -0.1) is 0 Å². The average molecular weight is 497 g/mol. The Labute approximate surface area is 212 Å². The van der Waals surface area contributed by atoms with E-state index in [-0.39, 0.29) is 35.8 Å². The molecule has 1 atom stereocenters. The molecule has 1 aromatic heterocycles. The van der Waals surface area contributed by atoms with Gasteiger partial charge in [0.2, 0.25) is 5.91 Å². The molecule has 1 fully saturated rings. The number of esters is 1.